The van der Waals surface area contributed by atoms with Gasteiger partial charge in [-0.1, -0.05) is 6.07 Å². The van der Waals surface area contributed by atoms with Crippen LogP contribution in [0.25, 0.3) is 0 Å². The van der Waals surface area contributed by atoms with Crippen molar-refractivity contribution in [2.75, 3.05) is 31.1 Å². The molecule has 1 saturated heterocycles. The van der Waals surface area contributed by atoms with Gasteiger partial charge in [-0.3, -0.25) is 4.90 Å². The predicted molar refractivity (Wildman–Crippen MR) is 86.2 cm³/mol. The normalized spacial score (nSPS) is 16.4. The second kappa shape index (κ2) is 6.37. The fourth-order valence-electron chi connectivity index (χ4n) is 2.41. The van der Waals surface area contributed by atoms with Crippen molar-refractivity contribution >= 4 is 32.6 Å². The van der Waals surface area contributed by atoms with Gasteiger partial charge in [0, 0.05) is 44.3 Å². The Kier molecular flexibility index (Phi) is 4.51. The molecule has 0 atom stereocenters. The van der Waals surface area contributed by atoms with E-state index >= 15 is 0 Å². The molecule has 2 aromatic rings. The Hall–Kier alpha value is -1.05. The van der Waals surface area contributed by atoms with Crippen molar-refractivity contribution in [3.63, 3.8) is 0 Å². The van der Waals surface area contributed by atoms with Crippen LogP contribution in [0.3, 0.4) is 0 Å². The third kappa shape index (κ3) is 3.59. The minimum atomic E-state index is -0.199. The molecule has 1 aromatic heterocycles. The van der Waals surface area contributed by atoms with Gasteiger partial charge in [-0.2, -0.15) is 4.37 Å². The molecule has 0 unspecified atom stereocenters. The maximum absolute atomic E-state index is 13.5. The fraction of sp³-hybridized carbons (Fsp3) is 0.429. The molecular formula is C14H16BrFN4S. The molecule has 0 aliphatic carbocycles. The summed E-state index contributed by atoms with van der Waals surface area (Å²) in [6, 6.07) is 5.34. The first kappa shape index (κ1) is 14.9. The molecule has 4 nitrogen and oxygen atoms in total. The van der Waals surface area contributed by atoms with Gasteiger partial charge < -0.3 is 4.90 Å². The highest BCUT2D eigenvalue weighted by molar-refractivity contribution is 9.10. The summed E-state index contributed by atoms with van der Waals surface area (Å²) in [6.07, 6.45) is 0. The van der Waals surface area contributed by atoms with Crippen LogP contribution in [0.15, 0.2) is 22.7 Å². The van der Waals surface area contributed by atoms with Crippen LogP contribution in [0.1, 0.15) is 11.4 Å². The number of rotatable bonds is 3. The average molecular weight is 371 g/mol. The summed E-state index contributed by atoms with van der Waals surface area (Å²) < 4.78 is 18.3. The summed E-state index contributed by atoms with van der Waals surface area (Å²) >= 11 is 4.64. The van der Waals surface area contributed by atoms with Crippen molar-refractivity contribution in [3.8, 4) is 0 Å². The Labute approximate surface area is 135 Å². The van der Waals surface area contributed by atoms with Crippen molar-refractivity contribution < 1.29 is 4.39 Å². The van der Waals surface area contributed by atoms with Crippen molar-refractivity contribution in [1.29, 1.82) is 0 Å². The zero-order chi connectivity index (χ0) is 14.8. The summed E-state index contributed by atoms with van der Waals surface area (Å²) in [5.74, 6) is 0.637. The molecule has 112 valence electrons. The first-order chi connectivity index (χ1) is 10.1. The van der Waals surface area contributed by atoms with Crippen molar-refractivity contribution in [1.82, 2.24) is 14.3 Å². The Morgan fingerprint density at radius 1 is 1.29 bits per heavy atom. The van der Waals surface area contributed by atoms with E-state index in [0.29, 0.717) is 4.47 Å². The second-order valence-electron chi connectivity index (χ2n) is 5.14. The highest BCUT2D eigenvalue weighted by Gasteiger charge is 2.19. The Morgan fingerprint density at radius 3 is 2.67 bits per heavy atom. The van der Waals surface area contributed by atoms with E-state index in [1.165, 1.54) is 11.5 Å². The third-order valence-electron chi connectivity index (χ3n) is 3.55. The van der Waals surface area contributed by atoms with E-state index in [9.17, 15) is 4.39 Å². The average Bonchev–Trinajstić information content (AvgIpc) is 2.90. The van der Waals surface area contributed by atoms with Crippen molar-refractivity contribution in [2.24, 2.45) is 0 Å². The molecule has 0 bridgehead atoms. The van der Waals surface area contributed by atoms with Crippen LogP contribution in [-0.4, -0.2) is 40.4 Å². The molecule has 3 rings (SSSR count). The summed E-state index contributed by atoms with van der Waals surface area (Å²) in [6.45, 7) is 6.49. The molecule has 7 heteroatoms. The maximum Gasteiger partial charge on any atom is 0.205 e. The van der Waals surface area contributed by atoms with Gasteiger partial charge in [-0.15, -0.1) is 0 Å². The van der Waals surface area contributed by atoms with Crippen LogP contribution in [0.2, 0.25) is 0 Å². The summed E-state index contributed by atoms with van der Waals surface area (Å²) in [5.41, 5.74) is 1.01. The lowest BCUT2D eigenvalue weighted by Gasteiger charge is -2.34. The second-order valence-corrected chi connectivity index (χ2v) is 6.72. The van der Waals surface area contributed by atoms with Crippen LogP contribution in [0.4, 0.5) is 9.52 Å². The molecule has 1 fully saturated rings. The molecular weight excluding hydrogens is 355 g/mol. The number of benzene rings is 1. The summed E-state index contributed by atoms with van der Waals surface area (Å²) in [7, 11) is 0. The van der Waals surface area contributed by atoms with E-state index < -0.39 is 0 Å². The predicted octanol–water partition coefficient (Wildman–Crippen LogP) is 3.07. The molecule has 1 aliphatic rings. The van der Waals surface area contributed by atoms with Crippen molar-refractivity contribution in [3.05, 3.63) is 39.9 Å². The maximum atomic E-state index is 13.5. The number of nitrogens with zero attached hydrogens (tertiary/aromatic N) is 4. The van der Waals surface area contributed by atoms with Crippen LogP contribution in [0.5, 0.6) is 0 Å². The van der Waals surface area contributed by atoms with E-state index in [4.69, 9.17) is 0 Å². The minimum Gasteiger partial charge on any atom is -0.344 e. The first-order valence-corrected chi connectivity index (χ1v) is 8.40. The molecule has 0 radical (unpaired) electrons. The molecule has 0 spiro atoms. The number of anilines is 1. The molecule has 0 N–H and O–H groups in total. The Balaban J connectivity index is 1.57. The number of halogens is 2. The topological polar surface area (TPSA) is 32.3 Å². The zero-order valence-corrected chi connectivity index (χ0v) is 14.1. The van der Waals surface area contributed by atoms with Gasteiger partial charge in [0.15, 0.2) is 0 Å². The van der Waals surface area contributed by atoms with Crippen LogP contribution in [0, 0.1) is 12.7 Å². The fourth-order valence-corrected chi connectivity index (χ4v) is 3.38. The number of hydrogen-bond donors (Lipinski definition) is 0. The smallest absolute Gasteiger partial charge is 0.205 e. The largest absolute Gasteiger partial charge is 0.344 e. The lowest BCUT2D eigenvalue weighted by Crippen LogP contribution is -2.45. The van der Waals surface area contributed by atoms with Gasteiger partial charge in [0.25, 0.3) is 0 Å². The number of aromatic nitrogens is 2. The first-order valence-electron chi connectivity index (χ1n) is 6.83. The SMILES string of the molecule is Cc1nsc(N2CCN(Cc3ccc(Br)c(F)c3)CC2)n1. The minimum absolute atomic E-state index is 0.199. The lowest BCUT2D eigenvalue weighted by molar-refractivity contribution is 0.249. The molecule has 1 aliphatic heterocycles. The van der Waals surface area contributed by atoms with E-state index in [0.717, 1.165) is 49.2 Å². The monoisotopic (exact) mass is 370 g/mol. The van der Waals surface area contributed by atoms with Gasteiger partial charge in [-0.05, 0) is 40.5 Å². The zero-order valence-electron chi connectivity index (χ0n) is 11.7. The molecule has 21 heavy (non-hydrogen) atoms. The number of piperazine rings is 1. The van der Waals surface area contributed by atoms with Gasteiger partial charge in [0.2, 0.25) is 5.13 Å². The standard InChI is InChI=1S/C14H16BrFN4S/c1-10-17-14(21-18-10)20-6-4-19(5-7-20)9-11-2-3-12(15)13(16)8-11/h2-3,8H,4-7,9H2,1H3. The number of hydrogen-bond acceptors (Lipinski definition) is 5. The third-order valence-corrected chi connectivity index (χ3v) is 5.06. The van der Waals surface area contributed by atoms with Gasteiger partial charge >= 0.3 is 0 Å². The van der Waals surface area contributed by atoms with E-state index in [1.54, 1.807) is 12.1 Å². The highest BCUT2D eigenvalue weighted by Crippen LogP contribution is 2.21. The molecule has 0 saturated carbocycles. The van der Waals surface area contributed by atoms with E-state index in [2.05, 4.69) is 35.1 Å². The van der Waals surface area contributed by atoms with Crippen LogP contribution < -0.4 is 4.90 Å². The quantitative estimate of drug-likeness (QED) is 0.830. The lowest BCUT2D eigenvalue weighted by atomic mass is 10.2. The van der Waals surface area contributed by atoms with Crippen LogP contribution in [-0.2, 0) is 6.54 Å². The number of aryl methyl sites for hydroxylation is 1. The van der Waals surface area contributed by atoms with Gasteiger partial charge in [-0.25, -0.2) is 9.37 Å². The summed E-state index contributed by atoms with van der Waals surface area (Å²) in [4.78, 5) is 9.03. The van der Waals surface area contributed by atoms with Gasteiger partial charge in [0.05, 0.1) is 4.47 Å². The molecule has 1 aromatic carbocycles. The Morgan fingerprint density at radius 2 is 2.05 bits per heavy atom. The summed E-state index contributed by atoms with van der Waals surface area (Å²) in [5, 5.41) is 1.00. The van der Waals surface area contributed by atoms with Gasteiger partial charge in [0.1, 0.15) is 11.6 Å². The van der Waals surface area contributed by atoms with Crippen molar-refractivity contribution in [2.45, 2.75) is 13.5 Å². The van der Waals surface area contributed by atoms with E-state index in [-0.39, 0.29) is 5.82 Å². The molecule has 0 amide bonds. The Bertz CT molecular complexity index is 625. The molecule has 2 heterocycles. The van der Waals surface area contributed by atoms with Crippen LogP contribution >= 0.6 is 27.5 Å². The van der Waals surface area contributed by atoms with E-state index in [1.807, 2.05) is 13.0 Å². The highest BCUT2D eigenvalue weighted by atomic mass is 79.9.